The molecule has 1 fully saturated rings. The molecule has 1 amide bonds. The third kappa shape index (κ3) is 4.03. The Hall–Kier alpha value is -2.82. The number of primary sulfonamides is 1. The summed E-state index contributed by atoms with van der Waals surface area (Å²) >= 11 is 0.979. The average Bonchev–Trinajstić information content (AvgIpc) is 2.91. The van der Waals surface area contributed by atoms with Crippen molar-refractivity contribution in [3.8, 4) is 11.5 Å². The van der Waals surface area contributed by atoms with E-state index >= 15 is 0 Å². The van der Waals surface area contributed by atoms with Crippen LogP contribution in [0.2, 0.25) is 0 Å². The van der Waals surface area contributed by atoms with Crippen molar-refractivity contribution in [3.05, 3.63) is 52.9 Å². The molecule has 8 nitrogen and oxygen atoms in total. The van der Waals surface area contributed by atoms with E-state index in [4.69, 9.17) is 15.3 Å². The molecule has 2 aromatic carbocycles. The van der Waals surface area contributed by atoms with Crippen LogP contribution in [0.1, 0.15) is 12.5 Å². The highest BCUT2D eigenvalue weighted by Gasteiger charge is 2.33. The zero-order valence-electron chi connectivity index (χ0n) is 14.7. The standard InChI is InChI=1S/C18H17N3O5S2/c1-2-26-15-9-11(3-8-14(15)22)10-16-17(23)21(18(19)27-16)12-4-6-13(7-5-12)28(20,24)25/h3-10,19,22H,2H2,1H3,(H2,20,24,25)/b16-10-,19-18?. The maximum absolute atomic E-state index is 12.8. The summed E-state index contributed by atoms with van der Waals surface area (Å²) in [6.45, 7) is 2.18. The maximum atomic E-state index is 12.8. The second-order valence-electron chi connectivity index (χ2n) is 5.76. The molecule has 0 radical (unpaired) electrons. The van der Waals surface area contributed by atoms with Crippen molar-refractivity contribution >= 4 is 44.6 Å². The van der Waals surface area contributed by atoms with E-state index in [0.29, 0.717) is 28.5 Å². The van der Waals surface area contributed by atoms with Gasteiger partial charge in [0.2, 0.25) is 10.0 Å². The Labute approximate surface area is 166 Å². The molecule has 0 unspecified atom stereocenters. The Morgan fingerprint density at radius 3 is 2.54 bits per heavy atom. The third-order valence-corrected chi connectivity index (χ3v) is 5.65. The molecular weight excluding hydrogens is 402 g/mol. The molecule has 1 aliphatic rings. The number of hydrogen-bond donors (Lipinski definition) is 3. The van der Waals surface area contributed by atoms with Gasteiger partial charge in [-0.05, 0) is 66.7 Å². The smallest absolute Gasteiger partial charge is 0.271 e. The zero-order valence-corrected chi connectivity index (χ0v) is 16.4. The fourth-order valence-electron chi connectivity index (χ4n) is 2.55. The van der Waals surface area contributed by atoms with E-state index < -0.39 is 15.9 Å². The number of carbonyl (C=O) groups is 1. The van der Waals surface area contributed by atoms with Crippen molar-refractivity contribution in [1.29, 1.82) is 5.41 Å². The predicted octanol–water partition coefficient (Wildman–Crippen LogP) is 2.49. The number of ether oxygens (including phenoxy) is 1. The van der Waals surface area contributed by atoms with E-state index in [1.165, 1.54) is 35.2 Å². The van der Waals surface area contributed by atoms with Gasteiger partial charge in [0, 0.05) is 0 Å². The second-order valence-corrected chi connectivity index (χ2v) is 8.35. The lowest BCUT2D eigenvalue weighted by Gasteiger charge is -2.14. The number of carbonyl (C=O) groups excluding carboxylic acids is 1. The lowest BCUT2D eigenvalue weighted by molar-refractivity contribution is -0.113. The normalized spacial score (nSPS) is 16.1. The average molecular weight is 419 g/mol. The van der Waals surface area contributed by atoms with Crippen LogP contribution in [0.5, 0.6) is 11.5 Å². The summed E-state index contributed by atoms with van der Waals surface area (Å²) in [4.78, 5) is 14.2. The van der Waals surface area contributed by atoms with Crippen LogP contribution in [0, 0.1) is 5.41 Å². The second kappa shape index (κ2) is 7.66. The maximum Gasteiger partial charge on any atom is 0.271 e. The van der Waals surface area contributed by atoms with Gasteiger partial charge < -0.3 is 9.84 Å². The van der Waals surface area contributed by atoms with Crippen LogP contribution in [-0.4, -0.2) is 31.2 Å². The van der Waals surface area contributed by atoms with Crippen LogP contribution in [0.4, 0.5) is 5.69 Å². The van der Waals surface area contributed by atoms with Gasteiger partial charge in [0.25, 0.3) is 5.91 Å². The highest BCUT2D eigenvalue weighted by Crippen LogP contribution is 2.36. The van der Waals surface area contributed by atoms with E-state index in [0.717, 1.165) is 11.8 Å². The monoisotopic (exact) mass is 419 g/mol. The van der Waals surface area contributed by atoms with E-state index in [1.807, 2.05) is 0 Å². The summed E-state index contributed by atoms with van der Waals surface area (Å²) in [7, 11) is -3.84. The number of sulfonamides is 1. The minimum atomic E-state index is -3.84. The SMILES string of the molecule is CCOc1cc(/C=C2\SC(=N)N(c3ccc(S(N)(=O)=O)cc3)C2=O)ccc1O. The van der Waals surface area contributed by atoms with Crippen molar-refractivity contribution < 1.29 is 23.1 Å². The van der Waals surface area contributed by atoms with E-state index in [9.17, 15) is 18.3 Å². The summed E-state index contributed by atoms with van der Waals surface area (Å²) in [6.07, 6.45) is 1.60. The first kappa shape index (κ1) is 19.9. The fraction of sp³-hybridized carbons (Fsp3) is 0.111. The van der Waals surface area contributed by atoms with Crippen LogP contribution in [0.15, 0.2) is 52.3 Å². The number of benzene rings is 2. The number of amides is 1. The Bertz CT molecular complexity index is 1080. The molecule has 28 heavy (non-hydrogen) atoms. The molecule has 0 bridgehead atoms. The Balaban J connectivity index is 1.89. The lowest BCUT2D eigenvalue weighted by Crippen LogP contribution is -2.28. The summed E-state index contributed by atoms with van der Waals surface area (Å²) in [5.41, 5.74) is 0.996. The van der Waals surface area contributed by atoms with Crippen molar-refractivity contribution in [3.63, 3.8) is 0 Å². The first-order valence-electron chi connectivity index (χ1n) is 8.12. The van der Waals surface area contributed by atoms with Gasteiger partial charge in [-0.15, -0.1) is 0 Å². The third-order valence-electron chi connectivity index (χ3n) is 3.83. The topological polar surface area (TPSA) is 134 Å². The fourth-order valence-corrected chi connectivity index (χ4v) is 3.93. The van der Waals surface area contributed by atoms with Gasteiger partial charge in [0.15, 0.2) is 16.7 Å². The number of phenolic OH excluding ortho intramolecular Hbond substituents is 1. The minimum Gasteiger partial charge on any atom is -0.504 e. The zero-order chi connectivity index (χ0) is 20.5. The van der Waals surface area contributed by atoms with Crippen molar-refractivity contribution in [2.24, 2.45) is 5.14 Å². The van der Waals surface area contributed by atoms with Crippen LogP contribution in [0.3, 0.4) is 0 Å². The number of nitrogens with two attached hydrogens (primary N) is 1. The molecule has 146 valence electrons. The molecule has 0 atom stereocenters. The Morgan fingerprint density at radius 1 is 1.25 bits per heavy atom. The molecule has 3 rings (SSSR count). The summed E-state index contributed by atoms with van der Waals surface area (Å²) in [5, 5.41) is 23.0. The number of nitrogens with zero attached hydrogens (tertiary/aromatic N) is 1. The Kier molecular flexibility index (Phi) is 5.45. The van der Waals surface area contributed by atoms with E-state index in [-0.39, 0.29) is 15.8 Å². The molecule has 10 heteroatoms. The highest BCUT2D eigenvalue weighted by atomic mass is 32.2. The van der Waals surface area contributed by atoms with Gasteiger partial charge in [0.1, 0.15) is 0 Å². The van der Waals surface area contributed by atoms with Gasteiger partial charge in [-0.1, -0.05) is 6.07 Å². The molecule has 1 aliphatic heterocycles. The molecule has 0 spiro atoms. The number of thioether (sulfide) groups is 1. The molecule has 1 saturated heterocycles. The summed E-state index contributed by atoms with van der Waals surface area (Å²) in [5.74, 6) is -0.110. The van der Waals surface area contributed by atoms with Gasteiger partial charge in [-0.25, -0.2) is 13.6 Å². The van der Waals surface area contributed by atoms with Gasteiger partial charge in [-0.3, -0.25) is 15.1 Å². The Morgan fingerprint density at radius 2 is 1.93 bits per heavy atom. The number of nitrogens with one attached hydrogen (secondary N) is 1. The van der Waals surface area contributed by atoms with Gasteiger partial charge in [0.05, 0.1) is 22.1 Å². The largest absolute Gasteiger partial charge is 0.504 e. The first-order chi connectivity index (χ1) is 13.2. The first-order valence-corrected chi connectivity index (χ1v) is 10.5. The van der Waals surface area contributed by atoms with E-state index in [2.05, 4.69) is 0 Å². The quantitative estimate of drug-likeness (QED) is 0.638. The van der Waals surface area contributed by atoms with Crippen molar-refractivity contribution in [2.45, 2.75) is 11.8 Å². The van der Waals surface area contributed by atoms with Crippen LogP contribution in [0.25, 0.3) is 6.08 Å². The molecule has 0 aromatic heterocycles. The molecular formula is C18H17N3O5S2. The molecule has 1 heterocycles. The number of aromatic hydroxyl groups is 1. The van der Waals surface area contributed by atoms with Crippen molar-refractivity contribution in [2.75, 3.05) is 11.5 Å². The number of rotatable bonds is 5. The molecule has 0 saturated carbocycles. The van der Waals surface area contributed by atoms with Crippen molar-refractivity contribution in [1.82, 2.24) is 0 Å². The molecule has 0 aliphatic carbocycles. The number of hydrogen-bond acceptors (Lipinski definition) is 7. The lowest BCUT2D eigenvalue weighted by atomic mass is 10.2. The predicted molar refractivity (Wildman–Crippen MR) is 108 cm³/mol. The van der Waals surface area contributed by atoms with Crippen LogP contribution >= 0.6 is 11.8 Å². The van der Waals surface area contributed by atoms with E-state index in [1.54, 1.807) is 25.1 Å². The number of phenols is 1. The van der Waals surface area contributed by atoms with Gasteiger partial charge in [-0.2, -0.15) is 0 Å². The highest BCUT2D eigenvalue weighted by molar-refractivity contribution is 8.19. The summed E-state index contributed by atoms with van der Waals surface area (Å²) < 4.78 is 28.1. The summed E-state index contributed by atoms with van der Waals surface area (Å²) in [6, 6.07) is 10.1. The number of anilines is 1. The van der Waals surface area contributed by atoms with Gasteiger partial charge >= 0.3 is 0 Å². The molecule has 4 N–H and O–H groups in total. The van der Waals surface area contributed by atoms with Crippen LogP contribution in [-0.2, 0) is 14.8 Å². The molecule has 2 aromatic rings. The minimum absolute atomic E-state index is 0.00119. The number of amidine groups is 1. The van der Waals surface area contributed by atoms with Crippen LogP contribution < -0.4 is 14.8 Å².